The van der Waals surface area contributed by atoms with Crippen molar-refractivity contribution < 1.29 is 24.0 Å². The van der Waals surface area contributed by atoms with Crippen LogP contribution < -0.4 is 0 Å². The third-order valence-corrected chi connectivity index (χ3v) is 4.76. The maximum atomic E-state index is 12.6. The molecule has 0 amide bonds. The number of rotatable bonds is 5. The van der Waals surface area contributed by atoms with Gasteiger partial charge in [-0.05, 0) is 18.2 Å². The number of nitro groups is 1. The Morgan fingerprint density at radius 3 is 2.31 bits per heavy atom. The van der Waals surface area contributed by atoms with Crippen molar-refractivity contribution in [2.24, 2.45) is 0 Å². The fraction of sp³-hybridized carbons (Fsp3) is 0.105. The first-order chi connectivity index (χ1) is 13.9. The summed E-state index contributed by atoms with van der Waals surface area (Å²) in [6, 6.07) is 12.7. The van der Waals surface area contributed by atoms with Crippen LogP contribution in [0, 0.1) is 10.1 Å². The van der Waals surface area contributed by atoms with Crippen molar-refractivity contribution in [2.45, 2.75) is 0 Å². The minimum Gasteiger partial charge on any atom is -0.465 e. The Morgan fingerprint density at radius 1 is 1.07 bits per heavy atom. The minimum absolute atomic E-state index is 0.0386. The van der Waals surface area contributed by atoms with Crippen LogP contribution in [0.5, 0.6) is 0 Å². The summed E-state index contributed by atoms with van der Waals surface area (Å²) in [4.78, 5) is 35.8. The van der Waals surface area contributed by atoms with E-state index in [9.17, 15) is 19.7 Å². The average molecular weight is 460 g/mol. The smallest absolute Gasteiger partial charge is 0.357 e. The SMILES string of the molecule is COC(=O)c1c(-c2cc([N+](=O)[O-])ccc2Br)nn(-c2ccccc2)c1C(=O)OC. The third-order valence-electron chi connectivity index (χ3n) is 4.07. The van der Waals surface area contributed by atoms with Crippen LogP contribution in [0.4, 0.5) is 5.69 Å². The Balaban J connectivity index is 2.40. The Hall–Kier alpha value is -3.53. The number of para-hydroxylation sites is 1. The van der Waals surface area contributed by atoms with Crippen molar-refractivity contribution in [1.29, 1.82) is 0 Å². The molecule has 1 heterocycles. The van der Waals surface area contributed by atoms with Gasteiger partial charge in [-0.1, -0.05) is 34.1 Å². The van der Waals surface area contributed by atoms with Crippen molar-refractivity contribution in [1.82, 2.24) is 9.78 Å². The molecule has 0 atom stereocenters. The van der Waals surface area contributed by atoms with E-state index in [4.69, 9.17) is 9.47 Å². The summed E-state index contributed by atoms with van der Waals surface area (Å²) in [7, 11) is 2.34. The Kier molecular flexibility index (Phi) is 5.74. The molecule has 3 aromatic rings. The van der Waals surface area contributed by atoms with E-state index in [0.717, 1.165) is 7.11 Å². The van der Waals surface area contributed by atoms with E-state index < -0.39 is 16.9 Å². The normalized spacial score (nSPS) is 10.4. The van der Waals surface area contributed by atoms with Crippen molar-refractivity contribution in [2.75, 3.05) is 14.2 Å². The lowest BCUT2D eigenvalue weighted by Gasteiger charge is -2.07. The van der Waals surface area contributed by atoms with Crippen LogP contribution >= 0.6 is 15.9 Å². The van der Waals surface area contributed by atoms with Crippen LogP contribution in [0.2, 0.25) is 0 Å². The van der Waals surface area contributed by atoms with E-state index >= 15 is 0 Å². The summed E-state index contributed by atoms with van der Waals surface area (Å²) in [6.07, 6.45) is 0. The largest absolute Gasteiger partial charge is 0.465 e. The lowest BCUT2D eigenvalue weighted by Crippen LogP contribution is -2.15. The molecule has 1 aromatic heterocycles. The van der Waals surface area contributed by atoms with Crippen molar-refractivity contribution in [3.05, 3.63) is 74.4 Å². The van der Waals surface area contributed by atoms with Crippen molar-refractivity contribution in [3.8, 4) is 16.9 Å². The first-order valence-electron chi connectivity index (χ1n) is 8.18. The fourth-order valence-electron chi connectivity index (χ4n) is 2.75. The molecule has 2 aromatic carbocycles. The van der Waals surface area contributed by atoms with Gasteiger partial charge in [-0.2, -0.15) is 5.10 Å². The molecule has 29 heavy (non-hydrogen) atoms. The zero-order chi connectivity index (χ0) is 21.1. The highest BCUT2D eigenvalue weighted by atomic mass is 79.9. The Labute approximate surface area is 173 Å². The maximum absolute atomic E-state index is 12.6. The summed E-state index contributed by atoms with van der Waals surface area (Å²) in [5.41, 5.74) is 0.262. The average Bonchev–Trinajstić information content (AvgIpc) is 3.13. The topological polar surface area (TPSA) is 114 Å². The number of non-ortho nitro benzene ring substituents is 1. The lowest BCUT2D eigenvalue weighted by molar-refractivity contribution is -0.384. The number of nitro benzene ring substituents is 1. The van der Waals surface area contributed by atoms with E-state index in [-0.39, 0.29) is 28.2 Å². The highest BCUT2D eigenvalue weighted by Gasteiger charge is 2.32. The molecule has 0 radical (unpaired) electrons. The first kappa shape index (κ1) is 20.2. The molecule has 148 valence electrons. The summed E-state index contributed by atoms with van der Waals surface area (Å²) in [5, 5.41) is 15.6. The molecule has 0 spiro atoms. The van der Waals surface area contributed by atoms with E-state index in [0.29, 0.717) is 10.2 Å². The Bertz CT molecular complexity index is 1110. The van der Waals surface area contributed by atoms with Gasteiger partial charge in [-0.25, -0.2) is 14.3 Å². The molecule has 0 saturated heterocycles. The van der Waals surface area contributed by atoms with Crippen LogP contribution in [-0.2, 0) is 9.47 Å². The Morgan fingerprint density at radius 2 is 1.72 bits per heavy atom. The molecule has 0 N–H and O–H groups in total. The quantitative estimate of drug-likeness (QED) is 0.323. The lowest BCUT2D eigenvalue weighted by atomic mass is 10.0. The summed E-state index contributed by atoms with van der Waals surface area (Å²) >= 11 is 3.33. The molecule has 3 rings (SSSR count). The number of hydrogen-bond donors (Lipinski definition) is 0. The standard InChI is InChI=1S/C19H14BrN3O6/c1-28-18(24)15-16(13-10-12(23(26)27)8-9-14(13)20)21-22(17(15)19(25)29-2)11-6-4-3-5-7-11/h3-10H,1-2H3. The van der Waals surface area contributed by atoms with Crippen molar-refractivity contribution in [3.63, 3.8) is 0 Å². The van der Waals surface area contributed by atoms with Gasteiger partial charge in [0, 0.05) is 22.2 Å². The molecular formula is C19H14BrN3O6. The van der Waals surface area contributed by atoms with Gasteiger partial charge < -0.3 is 9.47 Å². The van der Waals surface area contributed by atoms with Gasteiger partial charge in [0.15, 0.2) is 5.69 Å². The number of carbonyl (C=O) groups excluding carboxylic acids is 2. The zero-order valence-electron chi connectivity index (χ0n) is 15.3. The van der Waals surface area contributed by atoms with Crippen LogP contribution in [-0.4, -0.2) is 40.9 Å². The number of hydrogen-bond acceptors (Lipinski definition) is 7. The molecule has 0 saturated carbocycles. The van der Waals surface area contributed by atoms with Gasteiger partial charge in [0.05, 0.1) is 24.8 Å². The van der Waals surface area contributed by atoms with Gasteiger partial charge in [-0.3, -0.25) is 10.1 Å². The minimum atomic E-state index is -0.832. The second kappa shape index (κ2) is 8.23. The van der Waals surface area contributed by atoms with Crippen LogP contribution in [0.15, 0.2) is 53.0 Å². The second-order valence-electron chi connectivity index (χ2n) is 5.72. The van der Waals surface area contributed by atoms with Gasteiger partial charge in [0.2, 0.25) is 0 Å². The molecule has 9 nitrogen and oxygen atoms in total. The molecule has 0 aliphatic rings. The summed E-state index contributed by atoms with van der Waals surface area (Å²) in [6.45, 7) is 0. The van der Waals surface area contributed by atoms with Gasteiger partial charge in [0.25, 0.3) is 5.69 Å². The molecule has 10 heteroatoms. The van der Waals surface area contributed by atoms with E-state index in [1.807, 2.05) is 0 Å². The van der Waals surface area contributed by atoms with E-state index in [1.165, 1.54) is 30.0 Å². The molecule has 0 aliphatic heterocycles. The van der Waals surface area contributed by atoms with Crippen LogP contribution in [0.3, 0.4) is 0 Å². The monoisotopic (exact) mass is 459 g/mol. The number of nitrogens with zero attached hydrogens (tertiary/aromatic N) is 3. The highest BCUT2D eigenvalue weighted by Crippen LogP contribution is 2.35. The number of esters is 2. The second-order valence-corrected chi connectivity index (χ2v) is 6.58. The zero-order valence-corrected chi connectivity index (χ0v) is 16.9. The highest BCUT2D eigenvalue weighted by molar-refractivity contribution is 9.10. The number of methoxy groups -OCH3 is 2. The predicted molar refractivity (Wildman–Crippen MR) is 106 cm³/mol. The number of carbonyl (C=O) groups is 2. The van der Waals surface area contributed by atoms with Crippen LogP contribution in [0.25, 0.3) is 16.9 Å². The number of benzene rings is 2. The van der Waals surface area contributed by atoms with Crippen molar-refractivity contribution >= 4 is 33.6 Å². The number of ether oxygens (including phenoxy) is 2. The molecule has 0 unspecified atom stereocenters. The molecule has 0 fully saturated rings. The number of halogens is 1. The molecule has 0 aliphatic carbocycles. The predicted octanol–water partition coefficient (Wildman–Crippen LogP) is 3.78. The van der Waals surface area contributed by atoms with Gasteiger partial charge >= 0.3 is 11.9 Å². The fourth-order valence-corrected chi connectivity index (χ4v) is 3.19. The summed E-state index contributed by atoms with van der Waals surface area (Å²) in [5.74, 6) is -1.64. The molecular weight excluding hydrogens is 446 g/mol. The summed E-state index contributed by atoms with van der Waals surface area (Å²) < 4.78 is 11.4. The number of aromatic nitrogens is 2. The van der Waals surface area contributed by atoms with E-state index in [2.05, 4.69) is 21.0 Å². The van der Waals surface area contributed by atoms with Crippen LogP contribution in [0.1, 0.15) is 20.8 Å². The third kappa shape index (κ3) is 3.74. The first-order valence-corrected chi connectivity index (χ1v) is 8.97. The van der Waals surface area contributed by atoms with Gasteiger partial charge in [0.1, 0.15) is 11.3 Å². The van der Waals surface area contributed by atoms with Gasteiger partial charge in [-0.15, -0.1) is 0 Å². The molecule has 0 bridgehead atoms. The van der Waals surface area contributed by atoms with E-state index in [1.54, 1.807) is 30.3 Å². The maximum Gasteiger partial charge on any atom is 0.357 e.